The Hall–Kier alpha value is -1.15. The number of aliphatic carboxylic acids is 1. The number of carboxylic acids is 1. The Morgan fingerprint density at radius 3 is 2.33 bits per heavy atom. The van der Waals surface area contributed by atoms with Crippen molar-refractivity contribution in [2.75, 3.05) is 25.4 Å². The van der Waals surface area contributed by atoms with Gasteiger partial charge in [0.05, 0.1) is 0 Å². The highest BCUT2D eigenvalue weighted by Gasteiger charge is 2.29. The smallest absolute Gasteiger partial charge is 0.320 e. The summed E-state index contributed by atoms with van der Waals surface area (Å²) in [4.78, 5) is 21.2. The zero-order chi connectivity index (χ0) is 13.8. The summed E-state index contributed by atoms with van der Waals surface area (Å²) < 4.78 is 24.5. The summed E-state index contributed by atoms with van der Waals surface area (Å²) in [6.45, 7) is 2.62. The molecule has 2 N–H and O–H groups in total. The lowest BCUT2D eigenvalue weighted by Gasteiger charge is -2.30. The van der Waals surface area contributed by atoms with Crippen molar-refractivity contribution in [1.29, 1.82) is 0 Å². The van der Waals surface area contributed by atoms with Gasteiger partial charge in [0.15, 0.2) is 5.75 Å². The van der Waals surface area contributed by atoms with E-state index in [2.05, 4.69) is 5.32 Å². The SMILES string of the molecule is CC(=O)NCC1CCN(S(=O)(=O)CC(=O)O)CC1. The van der Waals surface area contributed by atoms with Gasteiger partial charge in [0.1, 0.15) is 0 Å². The maximum atomic E-state index is 11.6. The van der Waals surface area contributed by atoms with E-state index in [4.69, 9.17) is 5.11 Å². The molecule has 0 aromatic heterocycles. The highest BCUT2D eigenvalue weighted by atomic mass is 32.2. The van der Waals surface area contributed by atoms with Gasteiger partial charge in [-0.05, 0) is 18.8 Å². The number of carboxylic acid groups (broad SMARTS) is 1. The number of hydrogen-bond donors (Lipinski definition) is 2. The van der Waals surface area contributed by atoms with Crippen LogP contribution in [0, 0.1) is 5.92 Å². The van der Waals surface area contributed by atoms with Crippen LogP contribution in [0.25, 0.3) is 0 Å². The van der Waals surface area contributed by atoms with Crippen molar-refractivity contribution in [1.82, 2.24) is 9.62 Å². The number of sulfonamides is 1. The molecule has 18 heavy (non-hydrogen) atoms. The lowest BCUT2D eigenvalue weighted by molar-refractivity contribution is -0.134. The number of hydrogen-bond acceptors (Lipinski definition) is 4. The third-order valence-corrected chi connectivity index (χ3v) is 4.68. The molecule has 0 radical (unpaired) electrons. The minimum absolute atomic E-state index is 0.101. The summed E-state index contributed by atoms with van der Waals surface area (Å²) >= 11 is 0. The molecule has 1 amide bonds. The summed E-state index contributed by atoms with van der Waals surface area (Å²) in [7, 11) is -3.69. The number of carbonyl (C=O) groups is 2. The summed E-state index contributed by atoms with van der Waals surface area (Å²) in [6, 6.07) is 0. The second-order valence-corrected chi connectivity index (χ2v) is 6.40. The van der Waals surface area contributed by atoms with Crippen molar-refractivity contribution in [3.63, 3.8) is 0 Å². The van der Waals surface area contributed by atoms with Gasteiger partial charge in [-0.3, -0.25) is 9.59 Å². The molecule has 0 aromatic rings. The summed E-state index contributed by atoms with van der Waals surface area (Å²) in [6.07, 6.45) is 1.28. The van der Waals surface area contributed by atoms with E-state index in [-0.39, 0.29) is 11.8 Å². The Labute approximate surface area is 106 Å². The Kier molecular flexibility index (Phi) is 5.09. The zero-order valence-electron chi connectivity index (χ0n) is 10.3. The van der Waals surface area contributed by atoms with Crippen LogP contribution in [0.4, 0.5) is 0 Å². The molecule has 1 aliphatic heterocycles. The fraction of sp³-hybridized carbons (Fsp3) is 0.800. The van der Waals surface area contributed by atoms with Gasteiger partial charge >= 0.3 is 5.97 Å². The van der Waals surface area contributed by atoms with Crippen molar-refractivity contribution >= 4 is 21.9 Å². The molecule has 7 nitrogen and oxygen atoms in total. The van der Waals surface area contributed by atoms with Crippen LogP contribution in [-0.4, -0.2) is 55.1 Å². The molecule has 0 saturated carbocycles. The van der Waals surface area contributed by atoms with E-state index < -0.39 is 21.7 Å². The van der Waals surface area contributed by atoms with E-state index in [9.17, 15) is 18.0 Å². The average molecular weight is 278 g/mol. The Balaban J connectivity index is 2.44. The molecular weight excluding hydrogens is 260 g/mol. The number of nitrogens with one attached hydrogen (secondary N) is 1. The Morgan fingerprint density at radius 2 is 1.89 bits per heavy atom. The fourth-order valence-corrected chi connectivity index (χ4v) is 3.19. The monoisotopic (exact) mass is 278 g/mol. The van der Waals surface area contributed by atoms with Crippen LogP contribution >= 0.6 is 0 Å². The zero-order valence-corrected chi connectivity index (χ0v) is 11.1. The highest BCUT2D eigenvalue weighted by Crippen LogP contribution is 2.19. The molecular formula is C10H18N2O5S. The largest absolute Gasteiger partial charge is 0.480 e. The third-order valence-electron chi connectivity index (χ3n) is 2.91. The number of carbonyl (C=O) groups excluding carboxylic acids is 1. The van der Waals surface area contributed by atoms with E-state index >= 15 is 0 Å². The van der Waals surface area contributed by atoms with Crippen LogP contribution < -0.4 is 5.32 Å². The Morgan fingerprint density at radius 1 is 1.33 bits per heavy atom. The van der Waals surface area contributed by atoms with E-state index in [0.29, 0.717) is 32.5 Å². The summed E-state index contributed by atoms with van der Waals surface area (Å²) in [5, 5.41) is 11.2. The van der Waals surface area contributed by atoms with Crippen LogP contribution in [0.3, 0.4) is 0 Å². The van der Waals surface area contributed by atoms with Crippen LogP contribution in [0.5, 0.6) is 0 Å². The minimum atomic E-state index is -3.69. The van der Waals surface area contributed by atoms with Crippen molar-refractivity contribution in [2.24, 2.45) is 5.92 Å². The first-order valence-electron chi connectivity index (χ1n) is 5.75. The number of rotatable bonds is 5. The maximum Gasteiger partial charge on any atom is 0.320 e. The van der Waals surface area contributed by atoms with Crippen LogP contribution in [0.15, 0.2) is 0 Å². The predicted octanol–water partition coefficient (Wildman–Crippen LogP) is -0.751. The third kappa shape index (κ3) is 4.61. The molecule has 0 unspecified atom stereocenters. The van der Waals surface area contributed by atoms with E-state index in [1.54, 1.807) is 0 Å². The predicted molar refractivity (Wildman–Crippen MR) is 64.4 cm³/mol. The van der Waals surface area contributed by atoms with Crippen LogP contribution in [0.1, 0.15) is 19.8 Å². The van der Waals surface area contributed by atoms with Gasteiger partial charge in [-0.1, -0.05) is 0 Å². The van der Waals surface area contributed by atoms with Gasteiger partial charge in [0.25, 0.3) is 0 Å². The summed E-state index contributed by atoms with van der Waals surface area (Å²) in [5.74, 6) is -2.04. The molecule has 0 atom stereocenters. The number of nitrogens with zero attached hydrogens (tertiary/aromatic N) is 1. The molecule has 1 aliphatic rings. The minimum Gasteiger partial charge on any atom is -0.480 e. The molecule has 1 saturated heterocycles. The molecule has 0 bridgehead atoms. The topological polar surface area (TPSA) is 104 Å². The van der Waals surface area contributed by atoms with Gasteiger partial charge in [0, 0.05) is 26.6 Å². The maximum absolute atomic E-state index is 11.6. The lowest BCUT2D eigenvalue weighted by atomic mass is 9.98. The molecule has 104 valence electrons. The molecule has 1 rings (SSSR count). The van der Waals surface area contributed by atoms with Gasteiger partial charge in [0.2, 0.25) is 15.9 Å². The molecule has 1 fully saturated rings. The first-order chi connectivity index (χ1) is 8.31. The standard InChI is InChI=1S/C10H18N2O5S/c1-8(13)11-6-9-2-4-12(5-3-9)18(16,17)7-10(14)15/h9H,2-7H2,1H3,(H,11,13)(H,14,15). The van der Waals surface area contributed by atoms with Crippen molar-refractivity contribution in [3.8, 4) is 0 Å². The second kappa shape index (κ2) is 6.14. The van der Waals surface area contributed by atoms with Crippen LogP contribution in [0.2, 0.25) is 0 Å². The quantitative estimate of drug-likeness (QED) is 0.688. The van der Waals surface area contributed by atoms with Gasteiger partial charge in [-0.15, -0.1) is 0 Å². The second-order valence-electron chi connectivity index (χ2n) is 4.43. The van der Waals surface area contributed by atoms with E-state index in [1.807, 2.05) is 0 Å². The average Bonchev–Trinajstić information content (AvgIpc) is 2.25. The van der Waals surface area contributed by atoms with Crippen molar-refractivity contribution in [3.05, 3.63) is 0 Å². The van der Waals surface area contributed by atoms with Gasteiger partial charge in [-0.25, -0.2) is 12.7 Å². The molecule has 1 heterocycles. The van der Waals surface area contributed by atoms with E-state index in [0.717, 1.165) is 0 Å². The fourth-order valence-electron chi connectivity index (χ4n) is 1.93. The lowest BCUT2D eigenvalue weighted by Crippen LogP contribution is -2.43. The van der Waals surface area contributed by atoms with Crippen LogP contribution in [-0.2, 0) is 19.6 Å². The van der Waals surface area contributed by atoms with Gasteiger partial charge < -0.3 is 10.4 Å². The van der Waals surface area contributed by atoms with Gasteiger partial charge in [-0.2, -0.15) is 0 Å². The number of piperidine rings is 1. The molecule has 0 aromatic carbocycles. The highest BCUT2D eigenvalue weighted by molar-refractivity contribution is 7.89. The summed E-state index contributed by atoms with van der Waals surface area (Å²) in [5.41, 5.74) is 0. The normalized spacial score (nSPS) is 18.5. The van der Waals surface area contributed by atoms with Crippen molar-refractivity contribution in [2.45, 2.75) is 19.8 Å². The van der Waals surface area contributed by atoms with E-state index in [1.165, 1.54) is 11.2 Å². The Bertz CT molecular complexity index is 412. The first-order valence-corrected chi connectivity index (χ1v) is 7.36. The molecule has 0 aliphatic carbocycles. The van der Waals surface area contributed by atoms with Crippen molar-refractivity contribution < 1.29 is 23.1 Å². The molecule has 8 heteroatoms. The number of amides is 1. The molecule has 0 spiro atoms. The first kappa shape index (κ1) is 14.9.